The topological polar surface area (TPSA) is 105 Å². The highest BCUT2D eigenvalue weighted by molar-refractivity contribution is 5.79. The Morgan fingerprint density at radius 3 is 2.05 bits per heavy atom. The molecule has 1 aliphatic carbocycles. The van der Waals surface area contributed by atoms with Gasteiger partial charge in [-0.05, 0) is 73.0 Å². The third kappa shape index (κ3) is 11.4. The van der Waals surface area contributed by atoms with Crippen LogP contribution in [0.25, 0.3) is 0 Å². The number of aryl methyl sites for hydroxylation is 1. The summed E-state index contributed by atoms with van der Waals surface area (Å²) in [6.45, 7) is 10.7. The van der Waals surface area contributed by atoms with Gasteiger partial charge in [0.2, 0.25) is 0 Å². The zero-order chi connectivity index (χ0) is 29.6. The van der Waals surface area contributed by atoms with Gasteiger partial charge in [-0.25, -0.2) is 9.59 Å². The van der Waals surface area contributed by atoms with Crippen LogP contribution in [0.1, 0.15) is 142 Å². The van der Waals surface area contributed by atoms with Gasteiger partial charge >= 0.3 is 12.1 Å². The zero-order valence-corrected chi connectivity index (χ0v) is 26.2. The molecule has 1 aliphatic rings. The molecule has 0 heterocycles. The first kappa shape index (κ1) is 34.1. The SMILES string of the molecule is CCCCCCCCc1cccc(OC(=O)C(N)C2(C)CC(OC(N)=O)CC(C)(C)C2)c1CCCCCCCC. The van der Waals surface area contributed by atoms with E-state index in [2.05, 4.69) is 33.8 Å². The van der Waals surface area contributed by atoms with E-state index in [4.69, 9.17) is 20.9 Å². The second-order valence-electron chi connectivity index (χ2n) is 13.3. The van der Waals surface area contributed by atoms with Crippen molar-refractivity contribution in [2.24, 2.45) is 22.3 Å². The summed E-state index contributed by atoms with van der Waals surface area (Å²) in [7, 11) is 0. The van der Waals surface area contributed by atoms with Crippen LogP contribution >= 0.6 is 0 Å². The van der Waals surface area contributed by atoms with Gasteiger partial charge in [-0.1, -0.05) is 111 Å². The molecule has 0 spiro atoms. The number of esters is 1. The van der Waals surface area contributed by atoms with Gasteiger partial charge < -0.3 is 20.9 Å². The highest BCUT2D eigenvalue weighted by atomic mass is 16.6. The minimum Gasteiger partial charge on any atom is -0.446 e. The predicted molar refractivity (Wildman–Crippen MR) is 164 cm³/mol. The fraction of sp³-hybridized carbons (Fsp3) is 0.765. The molecule has 40 heavy (non-hydrogen) atoms. The van der Waals surface area contributed by atoms with Gasteiger partial charge in [0.25, 0.3) is 0 Å². The van der Waals surface area contributed by atoms with Gasteiger partial charge in [0.15, 0.2) is 0 Å². The van der Waals surface area contributed by atoms with Gasteiger partial charge in [-0.2, -0.15) is 0 Å². The van der Waals surface area contributed by atoms with Crippen LogP contribution in [0, 0.1) is 10.8 Å². The maximum atomic E-state index is 13.5. The number of primary amides is 1. The van der Waals surface area contributed by atoms with E-state index in [1.807, 2.05) is 19.1 Å². The predicted octanol–water partition coefficient (Wildman–Crippen LogP) is 8.41. The molecule has 1 aromatic rings. The molecule has 0 saturated heterocycles. The fourth-order valence-electron chi connectivity index (χ4n) is 6.79. The molecule has 4 N–H and O–H groups in total. The van der Waals surface area contributed by atoms with Crippen LogP contribution in [0.3, 0.4) is 0 Å². The lowest BCUT2D eigenvalue weighted by Crippen LogP contribution is -2.54. The number of nitrogens with two attached hydrogens (primary N) is 2. The zero-order valence-electron chi connectivity index (χ0n) is 26.2. The summed E-state index contributed by atoms with van der Waals surface area (Å²) >= 11 is 0. The smallest absolute Gasteiger partial charge is 0.404 e. The van der Waals surface area contributed by atoms with E-state index in [1.165, 1.54) is 69.8 Å². The van der Waals surface area contributed by atoms with Gasteiger partial charge in [-0.15, -0.1) is 0 Å². The monoisotopic (exact) mass is 558 g/mol. The van der Waals surface area contributed by atoms with Crippen LogP contribution in [-0.4, -0.2) is 24.2 Å². The molecule has 0 radical (unpaired) electrons. The molecule has 228 valence electrons. The van der Waals surface area contributed by atoms with Crippen molar-refractivity contribution < 1.29 is 19.1 Å². The number of amides is 1. The summed E-state index contributed by atoms with van der Waals surface area (Å²) in [5.74, 6) is 0.236. The van der Waals surface area contributed by atoms with E-state index in [0.29, 0.717) is 18.6 Å². The number of hydrogen-bond acceptors (Lipinski definition) is 5. The van der Waals surface area contributed by atoms with Gasteiger partial charge in [0.05, 0.1) is 0 Å². The normalized spacial score (nSPS) is 21.1. The number of carbonyl (C=O) groups is 2. The van der Waals surface area contributed by atoms with Crippen LogP contribution in [0.5, 0.6) is 5.75 Å². The Bertz CT molecular complexity index is 915. The Hall–Kier alpha value is -2.08. The van der Waals surface area contributed by atoms with Gasteiger partial charge in [0, 0.05) is 0 Å². The maximum absolute atomic E-state index is 13.5. The first-order chi connectivity index (χ1) is 19.0. The average Bonchev–Trinajstić information content (AvgIpc) is 2.87. The van der Waals surface area contributed by atoms with Crippen LogP contribution in [0.4, 0.5) is 4.79 Å². The summed E-state index contributed by atoms with van der Waals surface area (Å²) in [6, 6.07) is 5.29. The third-order valence-electron chi connectivity index (χ3n) is 8.66. The van der Waals surface area contributed by atoms with E-state index in [-0.39, 0.29) is 11.5 Å². The number of benzene rings is 1. The van der Waals surface area contributed by atoms with Crippen molar-refractivity contribution in [1.82, 2.24) is 0 Å². The molecule has 0 aliphatic heterocycles. The summed E-state index contributed by atoms with van der Waals surface area (Å²) in [4.78, 5) is 25.0. The first-order valence-electron chi connectivity index (χ1n) is 16.1. The quantitative estimate of drug-likeness (QED) is 0.107. The molecule has 6 nitrogen and oxygen atoms in total. The summed E-state index contributed by atoms with van der Waals surface area (Å²) in [5, 5.41) is 0. The van der Waals surface area contributed by atoms with Crippen molar-refractivity contribution in [2.45, 2.75) is 156 Å². The largest absolute Gasteiger partial charge is 0.446 e. The molecule has 0 bridgehead atoms. The maximum Gasteiger partial charge on any atom is 0.404 e. The van der Waals surface area contributed by atoms with E-state index < -0.39 is 23.5 Å². The average molecular weight is 559 g/mol. The lowest BCUT2D eigenvalue weighted by atomic mass is 9.60. The lowest BCUT2D eigenvalue weighted by molar-refractivity contribution is -0.141. The Morgan fingerprint density at radius 2 is 1.45 bits per heavy atom. The van der Waals surface area contributed by atoms with Crippen molar-refractivity contribution in [3.63, 3.8) is 0 Å². The molecule has 1 fully saturated rings. The summed E-state index contributed by atoms with van der Waals surface area (Å²) in [5.41, 5.74) is 13.7. The fourth-order valence-corrected chi connectivity index (χ4v) is 6.79. The van der Waals surface area contributed by atoms with E-state index >= 15 is 0 Å². The van der Waals surface area contributed by atoms with Crippen molar-refractivity contribution >= 4 is 12.1 Å². The van der Waals surface area contributed by atoms with Crippen LogP contribution in [-0.2, 0) is 22.4 Å². The molecule has 2 rings (SSSR count). The van der Waals surface area contributed by atoms with Crippen molar-refractivity contribution in [3.8, 4) is 5.75 Å². The highest BCUT2D eigenvalue weighted by Crippen LogP contribution is 2.48. The van der Waals surface area contributed by atoms with E-state index in [0.717, 1.165) is 37.7 Å². The summed E-state index contributed by atoms with van der Waals surface area (Å²) in [6.07, 6.45) is 17.5. The molecule has 6 heteroatoms. The molecule has 0 aromatic heterocycles. The summed E-state index contributed by atoms with van der Waals surface area (Å²) < 4.78 is 11.5. The van der Waals surface area contributed by atoms with Crippen LogP contribution in [0.2, 0.25) is 0 Å². The Morgan fingerprint density at radius 1 is 0.875 bits per heavy atom. The molecular weight excluding hydrogens is 500 g/mol. The highest BCUT2D eigenvalue weighted by Gasteiger charge is 2.48. The van der Waals surface area contributed by atoms with Crippen molar-refractivity contribution in [2.75, 3.05) is 0 Å². The van der Waals surface area contributed by atoms with Crippen molar-refractivity contribution in [1.29, 1.82) is 0 Å². The first-order valence-corrected chi connectivity index (χ1v) is 16.1. The third-order valence-corrected chi connectivity index (χ3v) is 8.66. The Balaban J connectivity index is 2.16. The van der Waals surface area contributed by atoms with Crippen LogP contribution in [0.15, 0.2) is 18.2 Å². The Labute approximate surface area is 244 Å². The minimum atomic E-state index is -0.838. The molecule has 1 saturated carbocycles. The molecular formula is C34H58N2O4. The second-order valence-corrected chi connectivity index (χ2v) is 13.3. The standard InChI is InChI=1S/C34H58N2O4/c1-6-8-10-12-14-16-19-26-20-18-22-29(28(26)21-17-15-13-11-9-7-2)40-31(37)30(35)34(5)24-27(39-32(36)38)23-33(3,4)25-34/h18,20,22,27,30H,6-17,19,21,23-25,35H2,1-5H3,(H2,36,38). The van der Waals surface area contributed by atoms with E-state index in [1.54, 1.807) is 0 Å². The number of hydrogen-bond donors (Lipinski definition) is 2. The number of carbonyl (C=O) groups excluding carboxylic acids is 2. The molecule has 1 amide bonds. The van der Waals surface area contributed by atoms with Gasteiger partial charge in [0.1, 0.15) is 17.9 Å². The minimum absolute atomic E-state index is 0.148. The number of unbranched alkanes of at least 4 members (excludes halogenated alkanes) is 10. The van der Waals surface area contributed by atoms with Crippen LogP contribution < -0.4 is 16.2 Å². The lowest BCUT2D eigenvalue weighted by Gasteiger charge is -2.47. The molecule has 3 unspecified atom stereocenters. The van der Waals surface area contributed by atoms with Gasteiger partial charge in [-0.3, -0.25) is 0 Å². The van der Waals surface area contributed by atoms with E-state index in [9.17, 15) is 9.59 Å². The molecule has 1 aromatic carbocycles. The number of rotatable bonds is 18. The second kappa shape index (κ2) is 17.0. The Kier molecular flexibility index (Phi) is 14.5. The number of ether oxygens (including phenoxy) is 2. The molecule has 3 atom stereocenters. The van der Waals surface area contributed by atoms with Crippen molar-refractivity contribution in [3.05, 3.63) is 29.3 Å².